The molecule has 6 heterocycles. The third-order valence-electron chi connectivity index (χ3n) is 9.29. The van der Waals surface area contributed by atoms with Gasteiger partial charge in [-0.15, -0.1) is 21.5 Å². The number of carbonyl (C=O) groups excluding carboxylic acids is 2. The summed E-state index contributed by atoms with van der Waals surface area (Å²) in [5.74, 6) is 1.62. The molecule has 1 saturated carbocycles. The third kappa shape index (κ3) is 4.62. The Kier molecular flexibility index (Phi) is 6.27. The molecule has 2 atom stereocenters. The van der Waals surface area contributed by atoms with Gasteiger partial charge in [0.25, 0.3) is 5.91 Å². The number of nitrogens with zero attached hydrogens (tertiary/aromatic N) is 6. The molecule has 4 fully saturated rings. The maximum atomic E-state index is 13.3. The molecule has 4 aliphatic rings. The van der Waals surface area contributed by atoms with Gasteiger partial charge in [-0.2, -0.15) is 0 Å². The Labute approximate surface area is 237 Å². The van der Waals surface area contributed by atoms with Crippen LogP contribution in [0.1, 0.15) is 77.8 Å². The molecule has 0 radical (unpaired) electrons. The lowest BCUT2D eigenvalue weighted by atomic mass is 9.71. The second kappa shape index (κ2) is 9.73. The minimum absolute atomic E-state index is 0.0358. The van der Waals surface area contributed by atoms with E-state index in [2.05, 4.69) is 35.1 Å². The van der Waals surface area contributed by atoms with Gasteiger partial charge in [0, 0.05) is 68.0 Å². The number of carbonyl (C=O) groups is 2. The highest BCUT2D eigenvalue weighted by Crippen LogP contribution is 2.55. The van der Waals surface area contributed by atoms with Gasteiger partial charge in [-0.05, 0) is 36.8 Å². The number of hydrogen-bond donors (Lipinski definition) is 0. The van der Waals surface area contributed by atoms with Crippen molar-refractivity contribution in [2.45, 2.75) is 51.4 Å². The van der Waals surface area contributed by atoms with Gasteiger partial charge in [0.05, 0.1) is 24.0 Å². The summed E-state index contributed by atoms with van der Waals surface area (Å²) in [5.41, 5.74) is 3.45. The maximum absolute atomic E-state index is 13.3. The first-order valence-electron chi connectivity index (χ1n) is 14.1. The molecule has 1 unspecified atom stereocenters. The van der Waals surface area contributed by atoms with E-state index in [-0.39, 0.29) is 34.5 Å². The van der Waals surface area contributed by atoms with Crippen LogP contribution < -0.4 is 0 Å². The summed E-state index contributed by atoms with van der Waals surface area (Å²) in [6.45, 7) is 8.07. The van der Waals surface area contributed by atoms with Crippen molar-refractivity contribution in [3.8, 4) is 0 Å². The summed E-state index contributed by atoms with van der Waals surface area (Å²) in [6, 6.07) is 6.12. The molecule has 3 aromatic rings. The summed E-state index contributed by atoms with van der Waals surface area (Å²) in [7, 11) is 0. The molecule has 1 spiro atoms. The number of rotatable bonds is 6. The van der Waals surface area contributed by atoms with E-state index in [0.29, 0.717) is 55.2 Å². The standard InChI is InChI=1S/C29H34N6O4S/c1-28(2)11-20(28)26(36)35-15-29(16-35)14-34(27(37)23-12-30-17-40-23)13-21(29)25-33-32-24(39-25)10-19-4-3-5-22(31-19)18-6-8-38-9-7-18/h3-5,12,17-18,20-21H,6-11,13-16H2,1-2H3/t20-,21?/m1/s1. The van der Waals surface area contributed by atoms with E-state index in [0.717, 1.165) is 43.9 Å². The van der Waals surface area contributed by atoms with Crippen LogP contribution in [0.3, 0.4) is 0 Å². The molecule has 40 heavy (non-hydrogen) atoms. The minimum Gasteiger partial charge on any atom is -0.424 e. The van der Waals surface area contributed by atoms with Crippen molar-refractivity contribution in [1.29, 1.82) is 0 Å². The molecule has 7 rings (SSSR count). The first kappa shape index (κ1) is 25.8. The molecule has 3 saturated heterocycles. The van der Waals surface area contributed by atoms with Crippen molar-refractivity contribution < 1.29 is 18.7 Å². The third-order valence-corrected chi connectivity index (χ3v) is 10.1. The van der Waals surface area contributed by atoms with Crippen molar-refractivity contribution in [2.24, 2.45) is 16.7 Å². The van der Waals surface area contributed by atoms with Crippen molar-refractivity contribution in [2.75, 3.05) is 39.4 Å². The van der Waals surface area contributed by atoms with Gasteiger partial charge in [0.15, 0.2) is 0 Å². The first-order chi connectivity index (χ1) is 19.3. The lowest BCUT2D eigenvalue weighted by Gasteiger charge is -2.50. The fraction of sp³-hybridized carbons (Fsp3) is 0.586. The van der Waals surface area contributed by atoms with Gasteiger partial charge in [-0.25, -0.2) is 0 Å². The molecular formula is C29H34N6O4S. The lowest BCUT2D eigenvalue weighted by Crippen LogP contribution is -2.62. The van der Waals surface area contributed by atoms with Gasteiger partial charge in [-0.1, -0.05) is 19.9 Å². The van der Waals surface area contributed by atoms with Crippen molar-refractivity contribution in [3.05, 3.63) is 58.0 Å². The summed E-state index contributed by atoms with van der Waals surface area (Å²) in [5, 5.41) is 8.85. The smallest absolute Gasteiger partial charge is 0.265 e. The average Bonchev–Trinajstić information content (AvgIpc) is 3.46. The Morgan fingerprint density at radius 2 is 1.88 bits per heavy atom. The van der Waals surface area contributed by atoms with E-state index in [9.17, 15) is 9.59 Å². The maximum Gasteiger partial charge on any atom is 0.265 e. The van der Waals surface area contributed by atoms with E-state index >= 15 is 0 Å². The summed E-state index contributed by atoms with van der Waals surface area (Å²) >= 11 is 1.34. The molecule has 2 amide bonds. The molecule has 0 N–H and O–H groups in total. The molecule has 0 bridgehead atoms. The van der Waals surface area contributed by atoms with Gasteiger partial charge < -0.3 is 19.0 Å². The Bertz CT molecular complexity index is 1410. The molecule has 3 aliphatic heterocycles. The van der Waals surface area contributed by atoms with Crippen molar-refractivity contribution in [1.82, 2.24) is 30.0 Å². The molecular weight excluding hydrogens is 528 g/mol. The van der Waals surface area contributed by atoms with Crippen LogP contribution in [0.25, 0.3) is 0 Å². The summed E-state index contributed by atoms with van der Waals surface area (Å²) < 4.78 is 11.8. The van der Waals surface area contributed by atoms with Crippen LogP contribution in [-0.4, -0.2) is 81.2 Å². The average molecular weight is 563 g/mol. The van der Waals surface area contributed by atoms with Gasteiger partial charge in [0.2, 0.25) is 17.7 Å². The first-order valence-corrected chi connectivity index (χ1v) is 15.0. The van der Waals surface area contributed by atoms with E-state index in [1.54, 1.807) is 11.7 Å². The van der Waals surface area contributed by atoms with Crippen LogP contribution >= 0.6 is 11.3 Å². The van der Waals surface area contributed by atoms with Crippen LogP contribution in [0.15, 0.2) is 34.3 Å². The highest BCUT2D eigenvalue weighted by atomic mass is 32.1. The summed E-state index contributed by atoms with van der Waals surface area (Å²) in [4.78, 5) is 39.8. The fourth-order valence-corrected chi connectivity index (χ4v) is 7.28. The Morgan fingerprint density at radius 1 is 1.10 bits per heavy atom. The van der Waals surface area contributed by atoms with E-state index in [4.69, 9.17) is 14.1 Å². The fourth-order valence-electron chi connectivity index (χ4n) is 6.69. The molecule has 210 valence electrons. The monoisotopic (exact) mass is 562 g/mol. The normalized spacial score (nSPS) is 25.2. The van der Waals surface area contributed by atoms with Gasteiger partial charge in [-0.3, -0.25) is 19.6 Å². The Morgan fingerprint density at radius 3 is 2.60 bits per heavy atom. The second-order valence-electron chi connectivity index (χ2n) is 12.6. The zero-order valence-corrected chi connectivity index (χ0v) is 23.7. The van der Waals surface area contributed by atoms with Crippen molar-refractivity contribution in [3.63, 3.8) is 0 Å². The van der Waals surface area contributed by atoms with Crippen LogP contribution in [0.5, 0.6) is 0 Å². The predicted molar refractivity (Wildman–Crippen MR) is 146 cm³/mol. The molecule has 3 aromatic heterocycles. The number of pyridine rings is 1. The van der Waals surface area contributed by atoms with Crippen LogP contribution in [0, 0.1) is 16.7 Å². The molecule has 1 aliphatic carbocycles. The highest BCUT2D eigenvalue weighted by molar-refractivity contribution is 7.11. The molecule has 10 nitrogen and oxygen atoms in total. The number of thiazole rings is 1. The number of aromatic nitrogens is 4. The van der Waals surface area contributed by atoms with Crippen molar-refractivity contribution >= 4 is 23.2 Å². The number of ether oxygens (including phenoxy) is 1. The number of hydrogen-bond acceptors (Lipinski definition) is 9. The molecule has 11 heteroatoms. The predicted octanol–water partition coefficient (Wildman–Crippen LogP) is 3.52. The number of likely N-dealkylation sites (tertiary alicyclic amines) is 2. The Hall–Kier alpha value is -3.18. The quantitative estimate of drug-likeness (QED) is 0.448. The van der Waals surface area contributed by atoms with Gasteiger partial charge >= 0.3 is 0 Å². The second-order valence-corrected chi connectivity index (χ2v) is 13.4. The SMILES string of the molecule is CC1(C)C[C@@H]1C(=O)N1CC2(CN(C(=O)c3cncs3)CC2c2nnc(Cc3cccc(C4CCOCC4)n3)o2)C1. The summed E-state index contributed by atoms with van der Waals surface area (Å²) in [6.07, 6.45) is 4.98. The molecule has 0 aromatic carbocycles. The van der Waals surface area contributed by atoms with E-state index < -0.39 is 0 Å². The van der Waals surface area contributed by atoms with Crippen LogP contribution in [0.2, 0.25) is 0 Å². The zero-order chi connectivity index (χ0) is 27.5. The van der Waals surface area contributed by atoms with Crippen LogP contribution in [-0.2, 0) is 16.0 Å². The topological polar surface area (TPSA) is 115 Å². The minimum atomic E-state index is -0.292. The lowest BCUT2D eigenvalue weighted by molar-refractivity contribution is -0.146. The van der Waals surface area contributed by atoms with E-state index in [1.807, 2.05) is 21.9 Å². The van der Waals surface area contributed by atoms with E-state index in [1.165, 1.54) is 11.3 Å². The number of amides is 2. The highest BCUT2D eigenvalue weighted by Gasteiger charge is 2.61. The zero-order valence-electron chi connectivity index (χ0n) is 22.9. The van der Waals surface area contributed by atoms with Gasteiger partial charge in [0.1, 0.15) is 4.88 Å². The largest absolute Gasteiger partial charge is 0.424 e. The Balaban J connectivity index is 1.09. The van der Waals surface area contributed by atoms with Crippen LogP contribution in [0.4, 0.5) is 0 Å².